The van der Waals surface area contributed by atoms with Gasteiger partial charge < -0.3 is 4.90 Å². The summed E-state index contributed by atoms with van der Waals surface area (Å²) < 4.78 is 0. The second-order valence-electron chi connectivity index (χ2n) is 4.42. The molecule has 0 saturated heterocycles. The van der Waals surface area contributed by atoms with E-state index in [1.54, 1.807) is 0 Å². The van der Waals surface area contributed by atoms with Gasteiger partial charge >= 0.3 is 0 Å². The molecule has 0 unspecified atom stereocenters. The predicted molar refractivity (Wildman–Crippen MR) is 84.5 cm³/mol. The molecule has 1 aromatic carbocycles. The van der Waals surface area contributed by atoms with Crippen LogP contribution in [0.5, 0.6) is 0 Å². The summed E-state index contributed by atoms with van der Waals surface area (Å²) in [5.74, 6) is 0.0540. The molecule has 0 saturated carbocycles. The van der Waals surface area contributed by atoms with Crippen molar-refractivity contribution in [3.05, 3.63) is 39.9 Å². The van der Waals surface area contributed by atoms with Gasteiger partial charge in [-0.1, -0.05) is 23.7 Å². The molecular weight excluding hydrogens is 292 g/mol. The van der Waals surface area contributed by atoms with Crippen LogP contribution in [0.4, 0.5) is 0 Å². The molecule has 0 aliphatic rings. The summed E-state index contributed by atoms with van der Waals surface area (Å²) in [6.07, 6.45) is 0. The molecule has 1 aromatic heterocycles. The molecule has 0 fully saturated rings. The number of hydrogen-bond donors (Lipinski definition) is 0. The predicted octanol–water partition coefficient (Wildman–Crippen LogP) is 4.25. The zero-order chi connectivity index (χ0) is 14.7. The van der Waals surface area contributed by atoms with Crippen LogP contribution in [0.1, 0.15) is 29.2 Å². The number of nitrogens with zero attached hydrogens (tertiary/aromatic N) is 2. The van der Waals surface area contributed by atoms with Crippen LogP contribution >= 0.6 is 22.9 Å². The van der Waals surface area contributed by atoms with Gasteiger partial charge in [-0.25, -0.2) is 4.98 Å². The summed E-state index contributed by atoms with van der Waals surface area (Å²) in [5, 5.41) is 1.51. The fourth-order valence-electron chi connectivity index (χ4n) is 1.99. The van der Waals surface area contributed by atoms with Crippen molar-refractivity contribution in [2.45, 2.75) is 20.8 Å². The minimum atomic E-state index is 0.0540. The second-order valence-corrected chi connectivity index (χ2v) is 5.86. The molecule has 20 heavy (non-hydrogen) atoms. The van der Waals surface area contributed by atoms with E-state index in [-0.39, 0.29) is 5.91 Å². The molecule has 1 amide bonds. The summed E-state index contributed by atoms with van der Waals surface area (Å²) in [7, 11) is 0. The van der Waals surface area contributed by atoms with Gasteiger partial charge in [0, 0.05) is 23.7 Å². The number of carbonyl (C=O) groups is 1. The van der Waals surface area contributed by atoms with Crippen molar-refractivity contribution in [2.75, 3.05) is 13.1 Å². The molecular formula is C15H17ClN2OS. The van der Waals surface area contributed by atoms with E-state index in [4.69, 9.17) is 11.6 Å². The highest BCUT2D eigenvalue weighted by atomic mass is 35.5. The normalized spacial score (nSPS) is 10.6. The Morgan fingerprint density at radius 1 is 1.35 bits per heavy atom. The molecule has 1 heterocycles. The monoisotopic (exact) mass is 308 g/mol. The van der Waals surface area contributed by atoms with Gasteiger partial charge in [-0.05, 0) is 32.9 Å². The topological polar surface area (TPSA) is 33.2 Å². The first kappa shape index (κ1) is 15.0. The maximum atomic E-state index is 12.4. The Kier molecular flexibility index (Phi) is 4.78. The third-order valence-electron chi connectivity index (χ3n) is 3.11. The fraction of sp³-hybridized carbons (Fsp3) is 0.333. The van der Waals surface area contributed by atoms with Crippen molar-refractivity contribution in [1.82, 2.24) is 9.88 Å². The number of hydrogen-bond acceptors (Lipinski definition) is 3. The molecule has 2 rings (SSSR count). The molecule has 0 radical (unpaired) electrons. The van der Waals surface area contributed by atoms with Crippen molar-refractivity contribution >= 4 is 28.8 Å². The SMILES string of the molecule is CCN(CC)C(=O)c1sc(-c2cccc(Cl)c2)nc1C. The number of aryl methyl sites for hydroxylation is 1. The number of benzene rings is 1. The number of thiazole rings is 1. The molecule has 0 spiro atoms. The van der Waals surface area contributed by atoms with Crippen LogP contribution in [0, 0.1) is 6.92 Å². The van der Waals surface area contributed by atoms with Crippen molar-refractivity contribution < 1.29 is 4.79 Å². The Morgan fingerprint density at radius 2 is 2.05 bits per heavy atom. The van der Waals surface area contributed by atoms with Crippen molar-refractivity contribution in [2.24, 2.45) is 0 Å². The second kappa shape index (κ2) is 6.37. The Hall–Kier alpha value is -1.39. The smallest absolute Gasteiger partial charge is 0.265 e. The molecule has 0 N–H and O–H groups in total. The molecule has 0 atom stereocenters. The van der Waals surface area contributed by atoms with Gasteiger partial charge in [-0.2, -0.15) is 0 Å². The van der Waals surface area contributed by atoms with Crippen LogP contribution in [0.15, 0.2) is 24.3 Å². The Balaban J connectivity index is 2.37. The summed E-state index contributed by atoms with van der Waals surface area (Å²) in [4.78, 5) is 19.4. The lowest BCUT2D eigenvalue weighted by atomic mass is 10.2. The molecule has 0 aliphatic heterocycles. The van der Waals surface area contributed by atoms with Crippen LogP contribution in [0.25, 0.3) is 10.6 Å². The van der Waals surface area contributed by atoms with Gasteiger partial charge in [-0.15, -0.1) is 11.3 Å². The summed E-state index contributed by atoms with van der Waals surface area (Å²) in [6, 6.07) is 7.54. The highest BCUT2D eigenvalue weighted by Gasteiger charge is 2.20. The Labute approximate surface area is 128 Å². The highest BCUT2D eigenvalue weighted by molar-refractivity contribution is 7.17. The van der Waals surface area contributed by atoms with Crippen LogP contribution in [0.2, 0.25) is 5.02 Å². The van der Waals surface area contributed by atoms with Crippen LogP contribution in [-0.2, 0) is 0 Å². The number of rotatable bonds is 4. The molecule has 5 heteroatoms. The molecule has 0 aliphatic carbocycles. The number of halogens is 1. The summed E-state index contributed by atoms with van der Waals surface area (Å²) in [6.45, 7) is 7.25. The van der Waals surface area contributed by atoms with Crippen molar-refractivity contribution in [3.8, 4) is 10.6 Å². The summed E-state index contributed by atoms with van der Waals surface area (Å²) >= 11 is 7.43. The highest BCUT2D eigenvalue weighted by Crippen LogP contribution is 2.30. The molecule has 0 bridgehead atoms. The van der Waals surface area contributed by atoms with E-state index in [1.807, 2.05) is 49.9 Å². The standard InChI is InChI=1S/C15H17ClN2OS/c1-4-18(5-2)15(19)13-10(3)17-14(20-13)11-7-6-8-12(16)9-11/h6-9H,4-5H2,1-3H3. The minimum absolute atomic E-state index is 0.0540. The average Bonchev–Trinajstić information content (AvgIpc) is 2.82. The van der Waals surface area contributed by atoms with Crippen LogP contribution in [-0.4, -0.2) is 28.9 Å². The van der Waals surface area contributed by atoms with Crippen LogP contribution < -0.4 is 0 Å². The number of amides is 1. The van der Waals surface area contributed by atoms with Gasteiger partial charge in [-0.3, -0.25) is 4.79 Å². The minimum Gasteiger partial charge on any atom is -0.338 e. The van der Waals surface area contributed by atoms with E-state index >= 15 is 0 Å². The third-order valence-corrected chi connectivity index (χ3v) is 4.54. The van der Waals surface area contributed by atoms with Gasteiger partial charge in [0.15, 0.2) is 0 Å². The fourth-order valence-corrected chi connectivity index (χ4v) is 3.22. The van der Waals surface area contributed by atoms with Gasteiger partial charge in [0.1, 0.15) is 9.88 Å². The van der Waals surface area contributed by atoms with E-state index in [9.17, 15) is 4.79 Å². The maximum Gasteiger partial charge on any atom is 0.265 e. The molecule has 3 nitrogen and oxygen atoms in total. The molecule has 106 valence electrons. The van der Waals surface area contributed by atoms with E-state index in [0.29, 0.717) is 23.0 Å². The lowest BCUT2D eigenvalue weighted by molar-refractivity contribution is 0.0777. The Bertz CT molecular complexity index is 620. The quantitative estimate of drug-likeness (QED) is 0.845. The maximum absolute atomic E-state index is 12.4. The first-order valence-electron chi connectivity index (χ1n) is 6.59. The largest absolute Gasteiger partial charge is 0.338 e. The lowest BCUT2D eigenvalue weighted by Gasteiger charge is -2.17. The van der Waals surface area contributed by atoms with Gasteiger partial charge in [0.25, 0.3) is 5.91 Å². The number of aromatic nitrogens is 1. The van der Waals surface area contributed by atoms with Crippen molar-refractivity contribution in [1.29, 1.82) is 0 Å². The Morgan fingerprint density at radius 3 is 2.65 bits per heavy atom. The van der Waals surface area contributed by atoms with E-state index in [0.717, 1.165) is 16.3 Å². The lowest BCUT2D eigenvalue weighted by Crippen LogP contribution is -2.30. The van der Waals surface area contributed by atoms with Gasteiger partial charge in [0.05, 0.1) is 5.69 Å². The summed E-state index contributed by atoms with van der Waals surface area (Å²) in [5.41, 5.74) is 1.73. The zero-order valence-electron chi connectivity index (χ0n) is 11.8. The van der Waals surface area contributed by atoms with E-state index in [2.05, 4.69) is 4.98 Å². The first-order valence-corrected chi connectivity index (χ1v) is 7.78. The first-order chi connectivity index (χ1) is 9.56. The van der Waals surface area contributed by atoms with Crippen molar-refractivity contribution in [3.63, 3.8) is 0 Å². The zero-order valence-corrected chi connectivity index (χ0v) is 13.4. The van der Waals surface area contributed by atoms with Crippen LogP contribution in [0.3, 0.4) is 0 Å². The van der Waals surface area contributed by atoms with Gasteiger partial charge in [0.2, 0.25) is 0 Å². The molecule has 2 aromatic rings. The van der Waals surface area contributed by atoms with E-state index < -0.39 is 0 Å². The number of carbonyl (C=O) groups excluding carboxylic acids is 1. The third kappa shape index (κ3) is 3.02. The average molecular weight is 309 g/mol. The van der Waals surface area contributed by atoms with E-state index in [1.165, 1.54) is 11.3 Å².